The number of nitrogens with zero attached hydrogens (tertiary/aromatic N) is 2. The standard InChI is InChI=1S/C10H18N4O/c1-5-12-9(10(11)15)8-6(2)13-14(4)7(8)3/h9,12H,5H2,1-4H3,(H2,11,15). The Kier molecular flexibility index (Phi) is 3.47. The van der Waals surface area contributed by atoms with Crippen LogP contribution in [0.1, 0.15) is 29.9 Å². The van der Waals surface area contributed by atoms with Crippen molar-refractivity contribution in [1.29, 1.82) is 0 Å². The van der Waals surface area contributed by atoms with Crippen LogP contribution in [0.2, 0.25) is 0 Å². The highest BCUT2D eigenvalue weighted by atomic mass is 16.1. The summed E-state index contributed by atoms with van der Waals surface area (Å²) in [5.41, 5.74) is 8.08. The number of amides is 1. The van der Waals surface area contributed by atoms with Crippen molar-refractivity contribution in [1.82, 2.24) is 15.1 Å². The van der Waals surface area contributed by atoms with Gasteiger partial charge in [-0.15, -0.1) is 0 Å². The van der Waals surface area contributed by atoms with Crippen LogP contribution in [-0.2, 0) is 11.8 Å². The van der Waals surface area contributed by atoms with E-state index >= 15 is 0 Å². The molecule has 0 bridgehead atoms. The fraction of sp³-hybridized carbons (Fsp3) is 0.600. The van der Waals surface area contributed by atoms with Crippen LogP contribution >= 0.6 is 0 Å². The van der Waals surface area contributed by atoms with Crippen molar-refractivity contribution in [3.8, 4) is 0 Å². The average molecular weight is 210 g/mol. The van der Waals surface area contributed by atoms with Crippen molar-refractivity contribution in [3.05, 3.63) is 17.0 Å². The number of nitrogens with two attached hydrogens (primary N) is 1. The molecule has 0 saturated heterocycles. The molecule has 0 spiro atoms. The van der Waals surface area contributed by atoms with Crippen molar-refractivity contribution in [2.45, 2.75) is 26.8 Å². The van der Waals surface area contributed by atoms with Crippen molar-refractivity contribution in [2.24, 2.45) is 12.8 Å². The molecule has 5 nitrogen and oxygen atoms in total. The first-order valence-corrected chi connectivity index (χ1v) is 5.01. The summed E-state index contributed by atoms with van der Waals surface area (Å²) in [7, 11) is 1.86. The van der Waals surface area contributed by atoms with Gasteiger partial charge in [0.15, 0.2) is 0 Å². The van der Waals surface area contributed by atoms with E-state index in [1.807, 2.05) is 27.8 Å². The Labute approximate surface area is 89.6 Å². The van der Waals surface area contributed by atoms with E-state index in [0.29, 0.717) is 6.54 Å². The van der Waals surface area contributed by atoms with E-state index in [4.69, 9.17) is 5.73 Å². The van der Waals surface area contributed by atoms with Crippen molar-refractivity contribution < 1.29 is 4.79 Å². The lowest BCUT2D eigenvalue weighted by Gasteiger charge is -2.14. The maximum absolute atomic E-state index is 11.3. The predicted octanol–water partition coefficient (Wildman–Crippen LogP) is 0.173. The molecule has 1 amide bonds. The van der Waals surface area contributed by atoms with Crippen molar-refractivity contribution >= 4 is 5.91 Å². The molecule has 0 saturated carbocycles. The molecule has 0 radical (unpaired) electrons. The monoisotopic (exact) mass is 210 g/mol. The van der Waals surface area contributed by atoms with Crippen LogP contribution in [-0.4, -0.2) is 22.2 Å². The van der Waals surface area contributed by atoms with Crippen LogP contribution in [0.15, 0.2) is 0 Å². The topological polar surface area (TPSA) is 72.9 Å². The van der Waals surface area contributed by atoms with Gasteiger partial charge in [0.25, 0.3) is 0 Å². The number of rotatable bonds is 4. The molecular weight excluding hydrogens is 192 g/mol. The molecule has 1 heterocycles. The number of aromatic nitrogens is 2. The van der Waals surface area contributed by atoms with Crippen LogP contribution in [0.4, 0.5) is 0 Å². The first-order chi connectivity index (χ1) is 6.99. The Morgan fingerprint density at radius 2 is 2.20 bits per heavy atom. The molecule has 84 valence electrons. The molecule has 1 atom stereocenters. The molecule has 5 heteroatoms. The van der Waals surface area contributed by atoms with E-state index in [0.717, 1.165) is 17.0 Å². The van der Waals surface area contributed by atoms with Crippen LogP contribution in [0, 0.1) is 13.8 Å². The molecule has 0 fully saturated rings. The zero-order valence-corrected chi connectivity index (χ0v) is 9.66. The Bertz CT molecular complexity index is 370. The van der Waals surface area contributed by atoms with Crippen LogP contribution in [0.3, 0.4) is 0 Å². The smallest absolute Gasteiger partial charge is 0.239 e. The molecule has 0 aliphatic carbocycles. The van der Waals surface area contributed by atoms with Crippen molar-refractivity contribution in [2.75, 3.05) is 6.54 Å². The summed E-state index contributed by atoms with van der Waals surface area (Å²) >= 11 is 0. The fourth-order valence-electron chi connectivity index (χ4n) is 1.76. The van der Waals surface area contributed by atoms with Gasteiger partial charge in [0.05, 0.1) is 5.69 Å². The van der Waals surface area contributed by atoms with Crippen LogP contribution in [0.5, 0.6) is 0 Å². The second-order valence-electron chi connectivity index (χ2n) is 3.60. The lowest BCUT2D eigenvalue weighted by molar-refractivity contribution is -0.120. The van der Waals surface area contributed by atoms with E-state index in [1.165, 1.54) is 0 Å². The summed E-state index contributed by atoms with van der Waals surface area (Å²) in [5.74, 6) is -0.365. The van der Waals surface area contributed by atoms with Crippen LogP contribution in [0.25, 0.3) is 0 Å². The number of carbonyl (C=O) groups excluding carboxylic acids is 1. The van der Waals surface area contributed by atoms with E-state index in [-0.39, 0.29) is 5.91 Å². The van der Waals surface area contributed by atoms with Gasteiger partial charge in [-0.3, -0.25) is 9.48 Å². The van der Waals surface area contributed by atoms with Gasteiger partial charge >= 0.3 is 0 Å². The predicted molar refractivity (Wildman–Crippen MR) is 58.3 cm³/mol. The fourth-order valence-corrected chi connectivity index (χ4v) is 1.76. The van der Waals surface area contributed by atoms with Gasteiger partial charge in [-0.2, -0.15) is 5.10 Å². The number of hydrogen-bond acceptors (Lipinski definition) is 3. The first kappa shape index (κ1) is 11.7. The van der Waals surface area contributed by atoms with Gasteiger partial charge in [-0.1, -0.05) is 6.92 Å². The molecule has 1 unspecified atom stereocenters. The lowest BCUT2D eigenvalue weighted by atomic mass is 10.0. The normalized spacial score (nSPS) is 12.8. The Hall–Kier alpha value is -1.36. The third kappa shape index (κ3) is 2.18. The number of hydrogen-bond donors (Lipinski definition) is 2. The average Bonchev–Trinajstić information content (AvgIpc) is 2.38. The molecular formula is C10H18N4O. The molecule has 0 aromatic carbocycles. The zero-order chi connectivity index (χ0) is 11.6. The first-order valence-electron chi connectivity index (χ1n) is 5.01. The highest BCUT2D eigenvalue weighted by molar-refractivity contribution is 5.82. The number of primary amides is 1. The summed E-state index contributed by atoms with van der Waals surface area (Å²) in [6.07, 6.45) is 0. The van der Waals surface area contributed by atoms with E-state index in [2.05, 4.69) is 10.4 Å². The minimum Gasteiger partial charge on any atom is -0.368 e. The maximum Gasteiger partial charge on any atom is 0.239 e. The third-order valence-corrected chi connectivity index (χ3v) is 2.55. The van der Waals surface area contributed by atoms with Gasteiger partial charge < -0.3 is 11.1 Å². The summed E-state index contributed by atoms with van der Waals surface area (Å²) in [6, 6.07) is -0.441. The van der Waals surface area contributed by atoms with Crippen molar-refractivity contribution in [3.63, 3.8) is 0 Å². The zero-order valence-electron chi connectivity index (χ0n) is 9.66. The summed E-state index contributed by atoms with van der Waals surface area (Å²) < 4.78 is 1.76. The SMILES string of the molecule is CCNC(C(N)=O)c1c(C)nn(C)c1C. The van der Waals surface area contributed by atoms with Crippen LogP contribution < -0.4 is 11.1 Å². The second-order valence-corrected chi connectivity index (χ2v) is 3.60. The minimum atomic E-state index is -0.441. The Balaban J connectivity index is 3.15. The molecule has 1 aromatic rings. The number of carbonyl (C=O) groups is 1. The summed E-state index contributed by atoms with van der Waals surface area (Å²) in [6.45, 7) is 6.45. The molecule has 1 aromatic heterocycles. The highest BCUT2D eigenvalue weighted by Gasteiger charge is 2.23. The minimum absolute atomic E-state index is 0.365. The number of nitrogens with one attached hydrogen (secondary N) is 1. The van der Waals surface area contributed by atoms with Gasteiger partial charge in [-0.05, 0) is 20.4 Å². The van der Waals surface area contributed by atoms with E-state index in [9.17, 15) is 4.79 Å². The van der Waals surface area contributed by atoms with Gasteiger partial charge in [0, 0.05) is 18.3 Å². The van der Waals surface area contributed by atoms with E-state index in [1.54, 1.807) is 4.68 Å². The van der Waals surface area contributed by atoms with Gasteiger partial charge in [-0.25, -0.2) is 0 Å². The number of likely N-dealkylation sites (N-methyl/N-ethyl adjacent to an activating group) is 1. The van der Waals surface area contributed by atoms with Gasteiger partial charge in [0.1, 0.15) is 6.04 Å². The highest BCUT2D eigenvalue weighted by Crippen LogP contribution is 2.20. The van der Waals surface area contributed by atoms with E-state index < -0.39 is 6.04 Å². The molecule has 0 aliphatic rings. The second kappa shape index (κ2) is 4.44. The number of aryl methyl sites for hydroxylation is 2. The largest absolute Gasteiger partial charge is 0.368 e. The third-order valence-electron chi connectivity index (χ3n) is 2.55. The maximum atomic E-state index is 11.3. The Morgan fingerprint density at radius 1 is 1.60 bits per heavy atom. The Morgan fingerprint density at radius 3 is 2.53 bits per heavy atom. The lowest BCUT2D eigenvalue weighted by Crippen LogP contribution is -2.34. The van der Waals surface area contributed by atoms with Gasteiger partial charge in [0.2, 0.25) is 5.91 Å². The molecule has 3 N–H and O–H groups in total. The molecule has 0 aliphatic heterocycles. The summed E-state index contributed by atoms with van der Waals surface area (Å²) in [5, 5.41) is 7.33. The molecule has 1 rings (SSSR count). The summed E-state index contributed by atoms with van der Waals surface area (Å²) in [4.78, 5) is 11.3. The molecule has 15 heavy (non-hydrogen) atoms. The quantitative estimate of drug-likeness (QED) is 0.744.